The number of nitrogens with zero attached hydrogens (tertiary/aromatic N) is 4. The zero-order chi connectivity index (χ0) is 34.2. The molecule has 0 unspecified atom stereocenters. The number of benzene rings is 3. The summed E-state index contributed by atoms with van der Waals surface area (Å²) in [6.45, 7) is 2.12. The fourth-order valence-electron chi connectivity index (χ4n) is 4.60. The maximum Gasteiger partial charge on any atom is 2.00 e. The van der Waals surface area contributed by atoms with E-state index in [0.29, 0.717) is 13.1 Å². The minimum absolute atomic E-state index is 0. The SMILES string of the molecule is O=C([O-])c1ccccc1.[Cu+2].[O-][Cl+3]([O-])([O-])[O-].c1ccc(-c2cccc(CN(Cc3ccccn3)Cc3cccc(-c4ccccc4)n3)n2)cc1. The molecule has 253 valence electrons. The standard InChI is InChI=1S/C30H26N4.C7H6O2.ClHO4.Cu/c1-3-11-24(12-4-1)29-18-9-16-27(32-29)22-34(21-26-15-7-8-20-31-26)23-28-17-10-19-30(33-28)25-13-5-2-6-14-25;8-7(9)6-4-2-1-3-5-6;2-1(3,4)5;/h1-20H,21-23H2;1-5H,(H,8,9);(H,2,3,4,5);/q;;;+2/p-2. The third-order valence-electron chi connectivity index (χ3n) is 6.65. The van der Waals surface area contributed by atoms with Crippen molar-refractivity contribution in [2.45, 2.75) is 19.6 Å². The number of carboxylic acid groups (broad SMARTS) is 1. The molecule has 0 spiro atoms. The van der Waals surface area contributed by atoms with Crippen LogP contribution in [0.15, 0.2) is 152 Å². The van der Waals surface area contributed by atoms with Gasteiger partial charge < -0.3 is 9.90 Å². The number of hydrogen-bond acceptors (Lipinski definition) is 10. The van der Waals surface area contributed by atoms with Crippen LogP contribution in [-0.2, 0) is 36.7 Å². The minimum atomic E-state index is -4.94. The fourth-order valence-corrected chi connectivity index (χ4v) is 4.60. The topological polar surface area (TPSA) is 174 Å². The number of carbonyl (C=O) groups excluding carboxylic acids is 1. The van der Waals surface area contributed by atoms with E-state index in [9.17, 15) is 9.90 Å². The smallest absolute Gasteiger partial charge is 0.545 e. The van der Waals surface area contributed by atoms with Crippen molar-refractivity contribution in [3.63, 3.8) is 0 Å². The summed E-state index contributed by atoms with van der Waals surface area (Å²) >= 11 is 0. The first kappa shape index (κ1) is 38.6. The average molecular weight is 727 g/mol. The molecule has 0 amide bonds. The second-order valence-electron chi connectivity index (χ2n) is 10.3. The van der Waals surface area contributed by atoms with Crippen molar-refractivity contribution in [3.8, 4) is 22.5 Å². The Morgan fingerprint density at radius 2 is 0.918 bits per heavy atom. The summed E-state index contributed by atoms with van der Waals surface area (Å²) in [6.07, 6.45) is 1.84. The Hall–Kier alpha value is -4.81. The molecule has 0 aliphatic heterocycles. The van der Waals surface area contributed by atoms with Gasteiger partial charge in [0.15, 0.2) is 0 Å². The van der Waals surface area contributed by atoms with E-state index < -0.39 is 16.2 Å². The van der Waals surface area contributed by atoms with Crippen LogP contribution >= 0.6 is 0 Å². The van der Waals surface area contributed by atoms with Crippen molar-refractivity contribution in [1.29, 1.82) is 0 Å². The molecule has 0 fully saturated rings. The van der Waals surface area contributed by atoms with Gasteiger partial charge in [-0.05, 0) is 42.0 Å². The monoisotopic (exact) mass is 725 g/mol. The predicted molar refractivity (Wildman–Crippen MR) is 167 cm³/mol. The molecular formula is C37H31ClCuN4O6. The van der Waals surface area contributed by atoms with Crippen LogP contribution in [0.4, 0.5) is 0 Å². The molecule has 0 saturated carbocycles. The Morgan fingerprint density at radius 1 is 0.531 bits per heavy atom. The van der Waals surface area contributed by atoms with Crippen LogP contribution in [0, 0.1) is 10.2 Å². The first-order valence-corrected chi connectivity index (χ1v) is 15.9. The van der Waals surface area contributed by atoms with Gasteiger partial charge in [-0.2, -0.15) is 0 Å². The van der Waals surface area contributed by atoms with Gasteiger partial charge in [0.2, 0.25) is 0 Å². The van der Waals surface area contributed by atoms with E-state index in [0.717, 1.165) is 46.1 Å². The van der Waals surface area contributed by atoms with E-state index in [1.807, 2.05) is 54.7 Å². The van der Waals surface area contributed by atoms with Crippen LogP contribution in [-0.4, -0.2) is 25.8 Å². The van der Waals surface area contributed by atoms with E-state index in [1.54, 1.807) is 18.2 Å². The average Bonchev–Trinajstić information content (AvgIpc) is 3.10. The summed E-state index contributed by atoms with van der Waals surface area (Å²) in [5.74, 6) is -1.13. The largest absolute Gasteiger partial charge is 2.00 e. The van der Waals surface area contributed by atoms with Crippen LogP contribution in [0.5, 0.6) is 0 Å². The third-order valence-corrected chi connectivity index (χ3v) is 6.65. The molecule has 0 bridgehead atoms. The first-order valence-electron chi connectivity index (χ1n) is 14.7. The molecule has 3 heterocycles. The van der Waals surface area contributed by atoms with Crippen LogP contribution in [0.1, 0.15) is 27.4 Å². The minimum Gasteiger partial charge on any atom is -0.545 e. The molecule has 6 aromatic rings. The molecule has 0 atom stereocenters. The third kappa shape index (κ3) is 14.5. The Kier molecular flexibility index (Phi) is 15.7. The van der Waals surface area contributed by atoms with Crippen molar-refractivity contribution in [2.75, 3.05) is 0 Å². The Bertz CT molecular complexity index is 1740. The second kappa shape index (κ2) is 19.9. The molecule has 12 heteroatoms. The van der Waals surface area contributed by atoms with Gasteiger partial charge in [0, 0.05) is 37.0 Å². The number of hydrogen-bond donors (Lipinski definition) is 0. The number of aromatic nitrogens is 3. The molecule has 10 nitrogen and oxygen atoms in total. The Balaban J connectivity index is 0.000000363. The summed E-state index contributed by atoms with van der Waals surface area (Å²) in [6, 6.07) is 47.2. The maximum absolute atomic E-state index is 10.1. The number of pyridine rings is 3. The summed E-state index contributed by atoms with van der Waals surface area (Å²) in [5.41, 5.74) is 7.52. The summed E-state index contributed by atoms with van der Waals surface area (Å²) < 4.78 is 34.0. The van der Waals surface area contributed by atoms with Crippen LogP contribution in [0.25, 0.3) is 22.5 Å². The van der Waals surface area contributed by atoms with Gasteiger partial charge in [0.1, 0.15) is 0 Å². The van der Waals surface area contributed by atoms with Crippen LogP contribution < -0.4 is 23.7 Å². The number of carbonyl (C=O) groups is 1. The number of aromatic carboxylic acids is 1. The Morgan fingerprint density at radius 3 is 1.31 bits per heavy atom. The van der Waals surface area contributed by atoms with E-state index in [4.69, 9.17) is 28.6 Å². The molecule has 0 saturated heterocycles. The predicted octanol–water partition coefficient (Wildman–Crippen LogP) is 1.70. The quantitative estimate of drug-likeness (QED) is 0.200. The normalized spacial score (nSPS) is 10.5. The van der Waals surface area contributed by atoms with Crippen molar-refractivity contribution < 1.29 is 55.8 Å². The molecule has 0 aliphatic rings. The summed E-state index contributed by atoms with van der Waals surface area (Å²) in [5, 5.41) is 10.1. The molecule has 3 aromatic carbocycles. The van der Waals surface area contributed by atoms with Gasteiger partial charge in [-0.1, -0.05) is 109 Å². The van der Waals surface area contributed by atoms with Crippen molar-refractivity contribution in [2.24, 2.45) is 0 Å². The van der Waals surface area contributed by atoms with E-state index >= 15 is 0 Å². The summed E-state index contributed by atoms with van der Waals surface area (Å²) in [4.78, 5) is 26.9. The van der Waals surface area contributed by atoms with E-state index in [1.165, 1.54) is 12.1 Å². The summed E-state index contributed by atoms with van der Waals surface area (Å²) in [7, 11) is -4.94. The number of carboxylic acids is 1. The number of halogens is 1. The van der Waals surface area contributed by atoms with Crippen LogP contribution in [0.3, 0.4) is 0 Å². The molecule has 49 heavy (non-hydrogen) atoms. The van der Waals surface area contributed by atoms with E-state index in [-0.39, 0.29) is 22.6 Å². The van der Waals surface area contributed by atoms with Crippen molar-refractivity contribution in [1.82, 2.24) is 19.9 Å². The molecule has 0 aliphatic carbocycles. The van der Waals surface area contributed by atoms with Gasteiger partial charge in [0.25, 0.3) is 0 Å². The van der Waals surface area contributed by atoms with Crippen LogP contribution in [0.2, 0.25) is 0 Å². The van der Waals surface area contributed by atoms with Crippen molar-refractivity contribution >= 4 is 5.97 Å². The molecule has 3 aromatic heterocycles. The van der Waals surface area contributed by atoms with E-state index in [2.05, 4.69) is 76.6 Å². The van der Waals surface area contributed by atoms with Gasteiger partial charge in [0.05, 0.1) is 34.4 Å². The second-order valence-corrected chi connectivity index (χ2v) is 11.0. The van der Waals surface area contributed by atoms with Crippen molar-refractivity contribution in [3.05, 3.63) is 174 Å². The molecular weight excluding hydrogens is 695 g/mol. The fraction of sp³-hybridized carbons (Fsp3) is 0.0811. The Labute approximate surface area is 297 Å². The van der Waals surface area contributed by atoms with Gasteiger partial charge in [-0.15, -0.1) is 10.2 Å². The van der Waals surface area contributed by atoms with Gasteiger partial charge in [-0.3, -0.25) is 19.9 Å². The van der Waals surface area contributed by atoms with Gasteiger partial charge in [-0.25, -0.2) is 18.6 Å². The number of rotatable bonds is 9. The molecule has 1 radical (unpaired) electrons. The zero-order valence-corrected chi connectivity index (χ0v) is 27.7. The molecule has 0 N–H and O–H groups in total. The van der Waals surface area contributed by atoms with Gasteiger partial charge >= 0.3 is 17.1 Å². The molecule has 6 rings (SSSR count). The maximum atomic E-state index is 10.1. The first-order chi connectivity index (χ1) is 23.1. The zero-order valence-electron chi connectivity index (χ0n) is 26.0.